The summed E-state index contributed by atoms with van der Waals surface area (Å²) >= 11 is 0. The van der Waals surface area contributed by atoms with Gasteiger partial charge >= 0.3 is 6.07 Å². The third kappa shape index (κ3) is 6.36. The second-order valence-corrected chi connectivity index (χ2v) is 12.0. The number of unbranched alkanes of at least 4 members (excludes halogenated alkanes) is 1. The number of rotatable bonds is 11. The summed E-state index contributed by atoms with van der Waals surface area (Å²) < 4.78 is 36.4. The Balaban J connectivity index is 1.35. The van der Waals surface area contributed by atoms with Crippen molar-refractivity contribution in [2.75, 3.05) is 26.8 Å². The number of carbonyl (C=O) groups is 1. The molecular weight excluding hydrogens is 522 g/mol. The van der Waals surface area contributed by atoms with Gasteiger partial charge in [0.2, 0.25) is 5.01 Å². The summed E-state index contributed by atoms with van der Waals surface area (Å²) in [6, 6.07) is 16.4. The van der Waals surface area contributed by atoms with Crippen LogP contribution in [0.3, 0.4) is 0 Å². The third-order valence-electron chi connectivity index (χ3n) is 7.37. The number of ether oxygens (including phenoxy) is 2. The fourth-order valence-electron chi connectivity index (χ4n) is 4.92. The average molecular weight is 557 g/mol. The largest absolute Gasteiger partial charge is 0.497 e. The van der Waals surface area contributed by atoms with Crippen molar-refractivity contribution in [3.8, 4) is 17.6 Å². The third-order valence-corrected chi connectivity index (χ3v) is 9.89. The molecule has 2 aliphatic rings. The molecule has 0 atom stereocenters. The quantitative estimate of drug-likeness (QED) is 0.164. The van der Waals surface area contributed by atoms with E-state index in [1.807, 2.05) is 30.3 Å². The lowest BCUT2D eigenvalue weighted by Crippen LogP contribution is -2.58. The van der Waals surface area contributed by atoms with Gasteiger partial charge in [0.15, 0.2) is 14.6 Å². The highest BCUT2D eigenvalue weighted by molar-refractivity contribution is 7.93. The Morgan fingerprint density at radius 1 is 1.13 bits per heavy atom. The zero-order chi connectivity index (χ0) is 27.9. The molecule has 11 heteroatoms. The van der Waals surface area contributed by atoms with Crippen molar-refractivity contribution < 1.29 is 33.1 Å². The number of nitrogens with one attached hydrogen (secondary N) is 1. The normalized spacial score (nSPS) is 17.5. The second kappa shape index (κ2) is 12.5. The minimum atomic E-state index is -4.06. The SMILES string of the molecule is COc1ccc(/C(C#[N+]O)=C/CCCOc2ccc(S(=O)(=O)C3(C(=O)NO)CCN(C4CC4)CC3)cc2)cc1. The first-order valence-electron chi connectivity index (χ1n) is 13.0. The summed E-state index contributed by atoms with van der Waals surface area (Å²) in [5.74, 6) is 0.335. The standard InChI is InChI=1S/C28H33N3O7S/c1-37-24-9-5-21(6-10-24)22(20-29-33)4-2-3-19-38-25-11-13-26(14-12-25)39(35,36)28(27(32)30-34)15-17-31(18-16-28)23-7-8-23/h4-6,9-14,23H,2-3,7-8,15-19H2,1H3,(H2-,30,32,33,34)/p+1/b22-4+. The van der Waals surface area contributed by atoms with Crippen molar-refractivity contribution in [3.63, 3.8) is 0 Å². The van der Waals surface area contributed by atoms with E-state index in [4.69, 9.17) is 14.7 Å². The molecule has 1 heterocycles. The summed E-state index contributed by atoms with van der Waals surface area (Å²) in [7, 11) is -2.47. The lowest BCUT2D eigenvalue weighted by Gasteiger charge is -2.39. The fourth-order valence-corrected chi connectivity index (χ4v) is 6.88. The molecule has 4 rings (SSSR count). The number of hydroxylamine groups is 1. The highest BCUT2D eigenvalue weighted by atomic mass is 32.2. The number of nitrogens with zero attached hydrogens (tertiary/aromatic N) is 2. The smallest absolute Gasteiger partial charge is 0.388 e. The molecule has 1 aliphatic heterocycles. The maximum Gasteiger partial charge on any atom is 0.388 e. The summed E-state index contributed by atoms with van der Waals surface area (Å²) in [6.07, 6.45) is 5.63. The van der Waals surface area contributed by atoms with Crippen LogP contribution in [0.25, 0.3) is 10.6 Å². The zero-order valence-electron chi connectivity index (χ0n) is 21.9. The van der Waals surface area contributed by atoms with E-state index in [1.54, 1.807) is 24.7 Å². The highest BCUT2D eigenvalue weighted by Crippen LogP contribution is 2.39. The summed E-state index contributed by atoms with van der Waals surface area (Å²) in [5, 5.41) is 21.3. The molecule has 1 amide bonds. The van der Waals surface area contributed by atoms with Crippen LogP contribution >= 0.6 is 0 Å². The number of allylic oxidation sites excluding steroid dienone is 2. The molecule has 2 fully saturated rings. The number of hydrogen-bond acceptors (Lipinski definition) is 8. The molecule has 2 aromatic carbocycles. The maximum absolute atomic E-state index is 13.6. The molecule has 2 aromatic rings. The number of benzene rings is 2. The van der Waals surface area contributed by atoms with Crippen molar-refractivity contribution in [1.29, 1.82) is 0 Å². The van der Waals surface area contributed by atoms with Gasteiger partial charge in [-0.2, -0.15) is 5.21 Å². The Hall–Kier alpha value is -3.59. The van der Waals surface area contributed by atoms with Gasteiger partial charge in [0.25, 0.3) is 5.91 Å². The Morgan fingerprint density at radius 3 is 2.33 bits per heavy atom. The Labute approximate surface area is 228 Å². The van der Waals surface area contributed by atoms with Crippen LogP contribution in [-0.4, -0.2) is 67.2 Å². The van der Waals surface area contributed by atoms with Crippen LogP contribution < -0.4 is 15.0 Å². The first-order chi connectivity index (χ1) is 18.8. The molecule has 208 valence electrons. The predicted octanol–water partition coefficient (Wildman–Crippen LogP) is 3.94. The molecule has 0 spiro atoms. The van der Waals surface area contributed by atoms with E-state index in [0.29, 0.717) is 49.9 Å². The number of likely N-dealkylation sites (tertiary alicyclic amines) is 1. The van der Waals surface area contributed by atoms with Gasteiger partial charge in [-0.3, -0.25) is 10.0 Å². The molecule has 1 aliphatic carbocycles. The van der Waals surface area contributed by atoms with Crippen molar-refractivity contribution in [2.24, 2.45) is 0 Å². The summed E-state index contributed by atoms with van der Waals surface area (Å²) in [5.41, 5.74) is 3.07. The average Bonchev–Trinajstić information content (AvgIpc) is 3.82. The lowest BCUT2D eigenvalue weighted by molar-refractivity contribution is -0.133. The summed E-state index contributed by atoms with van der Waals surface area (Å²) in [4.78, 5) is 14.9. The van der Waals surface area contributed by atoms with Gasteiger partial charge in [0.05, 0.1) is 18.6 Å². The van der Waals surface area contributed by atoms with Gasteiger partial charge in [-0.1, -0.05) is 6.08 Å². The van der Waals surface area contributed by atoms with Gasteiger partial charge in [-0.05, 0) is 92.6 Å². The fraction of sp³-hybridized carbons (Fsp3) is 0.429. The van der Waals surface area contributed by atoms with Crippen LogP contribution in [0.2, 0.25) is 0 Å². The molecule has 1 saturated carbocycles. The van der Waals surface area contributed by atoms with Gasteiger partial charge in [-0.25, -0.2) is 13.9 Å². The van der Waals surface area contributed by atoms with Gasteiger partial charge in [0, 0.05) is 19.1 Å². The van der Waals surface area contributed by atoms with E-state index in [9.17, 15) is 18.4 Å². The van der Waals surface area contributed by atoms with E-state index >= 15 is 0 Å². The monoisotopic (exact) mass is 556 g/mol. The van der Waals surface area contributed by atoms with E-state index in [-0.39, 0.29) is 17.7 Å². The number of hydrogen-bond donors (Lipinski definition) is 3. The number of sulfone groups is 1. The predicted molar refractivity (Wildman–Crippen MR) is 145 cm³/mol. The second-order valence-electron chi connectivity index (χ2n) is 9.73. The van der Waals surface area contributed by atoms with E-state index < -0.39 is 20.5 Å². The molecule has 0 radical (unpaired) electrons. The van der Waals surface area contributed by atoms with Crippen LogP contribution in [-0.2, 0) is 14.6 Å². The molecule has 10 nitrogen and oxygen atoms in total. The molecule has 39 heavy (non-hydrogen) atoms. The van der Waals surface area contributed by atoms with Crippen molar-refractivity contribution in [2.45, 2.75) is 54.2 Å². The van der Waals surface area contributed by atoms with E-state index in [1.165, 1.54) is 12.1 Å². The van der Waals surface area contributed by atoms with Crippen LogP contribution in [0, 0.1) is 6.07 Å². The maximum atomic E-state index is 13.6. The van der Waals surface area contributed by atoms with E-state index in [0.717, 1.165) is 24.2 Å². The van der Waals surface area contributed by atoms with E-state index in [2.05, 4.69) is 16.0 Å². The number of amides is 1. The van der Waals surface area contributed by atoms with Gasteiger partial charge in [0.1, 0.15) is 17.1 Å². The van der Waals surface area contributed by atoms with Crippen molar-refractivity contribution in [1.82, 2.24) is 10.4 Å². The topological polar surface area (TPSA) is 130 Å². The number of methoxy groups -OCH3 is 1. The minimum Gasteiger partial charge on any atom is -0.497 e. The van der Waals surface area contributed by atoms with Crippen LogP contribution in [0.15, 0.2) is 59.5 Å². The molecule has 0 bridgehead atoms. The molecule has 1 saturated heterocycles. The summed E-state index contributed by atoms with van der Waals surface area (Å²) in [6.45, 7) is 1.37. The Morgan fingerprint density at radius 2 is 1.77 bits per heavy atom. The van der Waals surface area contributed by atoms with Gasteiger partial charge in [-0.15, -0.1) is 0 Å². The Kier molecular flexibility index (Phi) is 9.12. The van der Waals surface area contributed by atoms with Crippen molar-refractivity contribution >= 4 is 21.3 Å². The minimum absolute atomic E-state index is 0.0178. The van der Waals surface area contributed by atoms with Gasteiger partial charge < -0.3 is 14.4 Å². The molecule has 0 aromatic heterocycles. The molecular formula is C28H34N3O7S+. The highest BCUT2D eigenvalue weighted by Gasteiger charge is 2.53. The number of carbonyl (C=O) groups excluding carboxylic acids is 1. The number of piperidine rings is 1. The van der Waals surface area contributed by atoms with Crippen LogP contribution in [0.4, 0.5) is 0 Å². The van der Waals surface area contributed by atoms with Crippen LogP contribution in [0.1, 0.15) is 44.1 Å². The molecule has 3 N–H and O–H groups in total. The first-order valence-corrected chi connectivity index (χ1v) is 14.4. The molecule has 0 unspecified atom stereocenters. The van der Waals surface area contributed by atoms with Crippen LogP contribution in [0.5, 0.6) is 11.5 Å². The lowest BCUT2D eigenvalue weighted by atomic mass is 9.94. The van der Waals surface area contributed by atoms with Crippen molar-refractivity contribution in [3.05, 3.63) is 65.2 Å². The first kappa shape index (κ1) is 28.4. The zero-order valence-corrected chi connectivity index (χ0v) is 22.7. The Bertz CT molecular complexity index is 1330.